The molecule has 0 aliphatic carbocycles. The molecule has 1 N–H and O–H groups in total. The van der Waals surface area contributed by atoms with E-state index in [1.54, 1.807) is 25.1 Å². The van der Waals surface area contributed by atoms with Gasteiger partial charge in [0.1, 0.15) is 5.75 Å². The first kappa shape index (κ1) is 11.7. The number of aryl methyl sites for hydroxylation is 1. The Bertz CT molecular complexity index is 348. The molecule has 0 saturated carbocycles. The zero-order chi connectivity index (χ0) is 11.3. The first-order chi connectivity index (χ1) is 7.13. The van der Waals surface area contributed by atoms with Crippen LogP contribution in [0.5, 0.6) is 5.75 Å². The van der Waals surface area contributed by atoms with E-state index in [1.807, 2.05) is 0 Å². The second-order valence-corrected chi connectivity index (χ2v) is 2.99. The van der Waals surface area contributed by atoms with Gasteiger partial charge in [0.05, 0.1) is 6.61 Å². The van der Waals surface area contributed by atoms with Crippen molar-refractivity contribution in [3.8, 4) is 5.75 Å². The van der Waals surface area contributed by atoms with Crippen molar-refractivity contribution in [1.82, 2.24) is 0 Å². The molecule has 0 atom stereocenters. The van der Waals surface area contributed by atoms with Crippen LogP contribution in [0.25, 0.3) is 6.08 Å². The van der Waals surface area contributed by atoms with Gasteiger partial charge in [-0.25, -0.2) is 0 Å². The van der Waals surface area contributed by atoms with Gasteiger partial charge >= 0.3 is 6.61 Å². The summed E-state index contributed by atoms with van der Waals surface area (Å²) in [4.78, 5) is 0. The molecule has 1 aromatic carbocycles. The minimum absolute atomic E-state index is 0.0844. The molecule has 0 radical (unpaired) electrons. The maximum absolute atomic E-state index is 12.0. The predicted octanol–water partition coefficient (Wildman–Crippen LogP) is 2.60. The van der Waals surface area contributed by atoms with Crippen LogP contribution in [0.2, 0.25) is 0 Å². The summed E-state index contributed by atoms with van der Waals surface area (Å²) in [5, 5.41) is 8.56. The third-order valence-corrected chi connectivity index (χ3v) is 1.84. The molecular formula is C11H12F2O2. The van der Waals surface area contributed by atoms with Gasteiger partial charge in [-0.3, -0.25) is 0 Å². The van der Waals surface area contributed by atoms with E-state index in [9.17, 15) is 8.78 Å². The van der Waals surface area contributed by atoms with Gasteiger partial charge in [0.15, 0.2) is 0 Å². The fraction of sp³-hybridized carbons (Fsp3) is 0.273. The fourth-order valence-electron chi connectivity index (χ4n) is 1.13. The van der Waals surface area contributed by atoms with E-state index in [2.05, 4.69) is 4.74 Å². The monoisotopic (exact) mass is 214 g/mol. The van der Waals surface area contributed by atoms with Crippen LogP contribution < -0.4 is 4.74 Å². The maximum atomic E-state index is 12.0. The summed E-state index contributed by atoms with van der Waals surface area (Å²) >= 11 is 0. The average molecular weight is 214 g/mol. The molecule has 0 aliphatic rings. The van der Waals surface area contributed by atoms with Gasteiger partial charge in [-0.05, 0) is 24.1 Å². The Hall–Kier alpha value is -1.42. The number of benzene rings is 1. The van der Waals surface area contributed by atoms with Crippen molar-refractivity contribution in [3.63, 3.8) is 0 Å². The van der Waals surface area contributed by atoms with E-state index in [0.29, 0.717) is 11.1 Å². The molecule has 0 fully saturated rings. The van der Waals surface area contributed by atoms with E-state index < -0.39 is 6.61 Å². The first-order valence-corrected chi connectivity index (χ1v) is 4.46. The van der Waals surface area contributed by atoms with Crippen LogP contribution in [-0.4, -0.2) is 18.3 Å². The molecule has 0 spiro atoms. The van der Waals surface area contributed by atoms with Gasteiger partial charge in [0, 0.05) is 0 Å². The van der Waals surface area contributed by atoms with Crippen LogP contribution in [0.4, 0.5) is 8.78 Å². The number of halogens is 2. The summed E-state index contributed by atoms with van der Waals surface area (Å²) in [5.74, 6) is 0.157. The molecule has 0 saturated heterocycles. The normalized spacial score (nSPS) is 11.3. The summed E-state index contributed by atoms with van der Waals surface area (Å²) in [6.07, 6.45) is 3.16. The molecule has 0 amide bonds. The molecule has 15 heavy (non-hydrogen) atoms. The zero-order valence-electron chi connectivity index (χ0n) is 8.28. The summed E-state index contributed by atoms with van der Waals surface area (Å²) in [7, 11) is 0. The summed E-state index contributed by atoms with van der Waals surface area (Å²) < 4.78 is 28.3. The molecule has 1 rings (SSSR count). The van der Waals surface area contributed by atoms with Gasteiger partial charge in [0.25, 0.3) is 0 Å². The number of hydrogen-bond acceptors (Lipinski definition) is 2. The van der Waals surface area contributed by atoms with Crippen LogP contribution in [-0.2, 0) is 0 Å². The van der Waals surface area contributed by atoms with Crippen LogP contribution in [0.15, 0.2) is 24.3 Å². The minimum Gasteiger partial charge on any atom is -0.435 e. The van der Waals surface area contributed by atoms with E-state index in [1.165, 1.54) is 12.1 Å². The second-order valence-electron chi connectivity index (χ2n) is 2.99. The number of rotatable bonds is 4. The Morgan fingerprint density at radius 3 is 2.80 bits per heavy atom. The van der Waals surface area contributed by atoms with E-state index in [-0.39, 0.29) is 12.4 Å². The third kappa shape index (κ3) is 3.67. The Balaban J connectivity index is 2.89. The Kier molecular flexibility index (Phi) is 4.24. The van der Waals surface area contributed by atoms with Crippen molar-refractivity contribution >= 4 is 6.08 Å². The Labute approximate surface area is 86.8 Å². The standard InChI is InChI=1S/C11H12F2O2/c1-8-4-5-9(3-2-6-14)7-10(8)15-11(12)13/h2-5,7,11,14H,6H2,1H3/b3-2+. The lowest BCUT2D eigenvalue weighted by molar-refractivity contribution is -0.0502. The van der Waals surface area contributed by atoms with Crippen molar-refractivity contribution in [3.05, 3.63) is 35.4 Å². The van der Waals surface area contributed by atoms with Gasteiger partial charge in [-0.2, -0.15) is 8.78 Å². The van der Waals surface area contributed by atoms with Crippen molar-refractivity contribution in [1.29, 1.82) is 0 Å². The molecule has 0 bridgehead atoms. The highest BCUT2D eigenvalue weighted by molar-refractivity contribution is 5.53. The zero-order valence-corrected chi connectivity index (χ0v) is 8.28. The fourth-order valence-corrected chi connectivity index (χ4v) is 1.13. The highest BCUT2D eigenvalue weighted by Gasteiger charge is 2.06. The molecule has 1 aromatic rings. The van der Waals surface area contributed by atoms with Crippen molar-refractivity contribution in [2.24, 2.45) is 0 Å². The average Bonchev–Trinajstić information content (AvgIpc) is 2.18. The minimum atomic E-state index is -2.82. The van der Waals surface area contributed by atoms with Gasteiger partial charge < -0.3 is 9.84 Å². The highest BCUT2D eigenvalue weighted by atomic mass is 19.3. The number of ether oxygens (including phenoxy) is 1. The largest absolute Gasteiger partial charge is 0.435 e. The molecular weight excluding hydrogens is 202 g/mol. The molecule has 82 valence electrons. The number of hydrogen-bond donors (Lipinski definition) is 1. The van der Waals surface area contributed by atoms with Crippen LogP contribution in [0.3, 0.4) is 0 Å². The first-order valence-electron chi connectivity index (χ1n) is 4.46. The highest BCUT2D eigenvalue weighted by Crippen LogP contribution is 2.22. The molecule has 0 heterocycles. The van der Waals surface area contributed by atoms with Crippen molar-refractivity contribution in [2.75, 3.05) is 6.61 Å². The van der Waals surface area contributed by atoms with Crippen molar-refractivity contribution < 1.29 is 18.6 Å². The van der Waals surface area contributed by atoms with Crippen LogP contribution in [0, 0.1) is 6.92 Å². The molecule has 0 aliphatic heterocycles. The lowest BCUT2D eigenvalue weighted by Gasteiger charge is -2.08. The quantitative estimate of drug-likeness (QED) is 0.834. The van der Waals surface area contributed by atoms with Crippen LogP contribution in [0.1, 0.15) is 11.1 Å². The topological polar surface area (TPSA) is 29.5 Å². The third-order valence-electron chi connectivity index (χ3n) is 1.84. The molecule has 4 heteroatoms. The van der Waals surface area contributed by atoms with Gasteiger partial charge in [0.2, 0.25) is 0 Å². The van der Waals surface area contributed by atoms with Crippen LogP contribution >= 0.6 is 0 Å². The maximum Gasteiger partial charge on any atom is 0.387 e. The summed E-state index contributed by atoms with van der Waals surface area (Å²) in [6, 6.07) is 4.96. The van der Waals surface area contributed by atoms with Gasteiger partial charge in [-0.15, -0.1) is 0 Å². The number of aliphatic hydroxyl groups excluding tert-OH is 1. The van der Waals surface area contributed by atoms with E-state index in [4.69, 9.17) is 5.11 Å². The Morgan fingerprint density at radius 1 is 1.47 bits per heavy atom. The molecule has 2 nitrogen and oxygen atoms in total. The SMILES string of the molecule is Cc1ccc(/C=C/CO)cc1OC(F)F. The van der Waals surface area contributed by atoms with Gasteiger partial charge in [-0.1, -0.05) is 24.3 Å². The summed E-state index contributed by atoms with van der Waals surface area (Å²) in [6.45, 7) is -1.21. The lowest BCUT2D eigenvalue weighted by atomic mass is 10.1. The summed E-state index contributed by atoms with van der Waals surface area (Å²) in [5.41, 5.74) is 1.36. The van der Waals surface area contributed by atoms with Crippen molar-refractivity contribution in [2.45, 2.75) is 13.5 Å². The second kappa shape index (κ2) is 5.46. The molecule has 0 unspecified atom stereocenters. The number of alkyl halides is 2. The Morgan fingerprint density at radius 2 is 2.20 bits per heavy atom. The lowest BCUT2D eigenvalue weighted by Crippen LogP contribution is -2.03. The number of aliphatic hydroxyl groups is 1. The predicted molar refractivity (Wildman–Crippen MR) is 53.9 cm³/mol. The molecule has 0 aromatic heterocycles. The van der Waals surface area contributed by atoms with E-state index >= 15 is 0 Å². The van der Waals surface area contributed by atoms with E-state index in [0.717, 1.165) is 0 Å². The smallest absolute Gasteiger partial charge is 0.387 e.